The Balaban J connectivity index is 0.000000183. The fraction of sp³-hybridized carbons (Fsp3) is 0.600. The van der Waals surface area contributed by atoms with E-state index in [0.717, 1.165) is 39.3 Å². The molecule has 0 bridgehead atoms. The third-order valence-corrected chi connectivity index (χ3v) is 6.65. The monoisotopic (exact) mass is 527 g/mol. The number of carbonyl (C=O) groups is 2. The minimum absolute atomic E-state index is 0.00546. The molecule has 0 amide bonds. The first-order valence-electron chi connectivity index (χ1n) is 8.46. The van der Waals surface area contributed by atoms with Crippen molar-refractivity contribution in [2.24, 2.45) is 0 Å². The average molecular weight is 529 g/mol. The Labute approximate surface area is 173 Å². The molecule has 0 aromatic rings. The summed E-state index contributed by atoms with van der Waals surface area (Å²) in [5.41, 5.74) is 1.89. The molecule has 0 aromatic carbocycles. The van der Waals surface area contributed by atoms with Crippen LogP contribution >= 0.6 is 39.7 Å². The van der Waals surface area contributed by atoms with Gasteiger partial charge in [-0.3, -0.25) is 14.1 Å². The van der Waals surface area contributed by atoms with Gasteiger partial charge in [0.2, 0.25) is 11.6 Å². The molecule has 3 saturated heterocycles. The van der Waals surface area contributed by atoms with Gasteiger partial charge in [-0.2, -0.15) is 0 Å². The number of rotatable bonds is 6. The highest BCUT2D eigenvalue weighted by molar-refractivity contribution is 9.25. The molecule has 12 heteroatoms. The molecule has 3 heterocycles. The molecule has 3 aliphatic heterocycles. The molecule has 4 rings (SSSR count). The Bertz CT molecular complexity index is 766. The van der Waals surface area contributed by atoms with Gasteiger partial charge in [0.1, 0.15) is 11.4 Å². The quantitative estimate of drug-likeness (QED) is 0.227. The third-order valence-electron chi connectivity index (χ3n) is 4.15. The number of ketones is 2. The largest absolute Gasteiger partial charge is 0.471 e. The number of hydrogen-bond donors (Lipinski definition) is 2. The number of Topliss-reactive ketones (excluding diaryl/α,β-unsaturated/α-hetero) is 1. The van der Waals surface area contributed by atoms with Crippen LogP contribution in [0.1, 0.15) is 13.3 Å². The molecule has 9 nitrogen and oxygen atoms in total. The van der Waals surface area contributed by atoms with Crippen molar-refractivity contribution in [2.75, 3.05) is 39.3 Å². The molecule has 1 aliphatic carbocycles. The first-order valence-corrected chi connectivity index (χ1v) is 11.6. The van der Waals surface area contributed by atoms with Crippen LogP contribution in [-0.4, -0.2) is 78.7 Å². The molecule has 0 atom stereocenters. The van der Waals surface area contributed by atoms with Crippen molar-refractivity contribution in [3.63, 3.8) is 0 Å². The zero-order valence-electron chi connectivity index (χ0n) is 14.6. The van der Waals surface area contributed by atoms with Crippen LogP contribution in [0.2, 0.25) is 0 Å². The van der Waals surface area contributed by atoms with Crippen LogP contribution < -0.4 is 0 Å². The van der Waals surface area contributed by atoms with Crippen LogP contribution in [0, 0.1) is 0 Å². The van der Waals surface area contributed by atoms with E-state index in [4.69, 9.17) is 9.79 Å². The van der Waals surface area contributed by atoms with E-state index in [9.17, 15) is 14.2 Å². The predicted molar refractivity (Wildman–Crippen MR) is 104 cm³/mol. The highest BCUT2D eigenvalue weighted by Crippen LogP contribution is 2.48. The van der Waals surface area contributed by atoms with E-state index in [-0.39, 0.29) is 11.6 Å². The summed E-state index contributed by atoms with van der Waals surface area (Å²) < 4.78 is 13.4. The van der Waals surface area contributed by atoms with Crippen LogP contribution in [0.3, 0.4) is 0 Å². The van der Waals surface area contributed by atoms with E-state index in [1.54, 1.807) is 6.92 Å². The zero-order valence-corrected chi connectivity index (χ0v) is 18.7. The number of hydrogen-bond acceptors (Lipinski definition) is 7. The van der Waals surface area contributed by atoms with E-state index in [0.29, 0.717) is 23.5 Å². The summed E-state index contributed by atoms with van der Waals surface area (Å²) in [6.45, 7) is 7.11. The van der Waals surface area contributed by atoms with Gasteiger partial charge in [-0.05, 0) is 38.3 Å². The first-order chi connectivity index (χ1) is 12.5. The number of halogens is 2. The van der Waals surface area contributed by atoms with Gasteiger partial charge in [-0.25, -0.2) is 4.57 Å². The molecule has 0 unspecified atom stereocenters. The molecule has 150 valence electrons. The van der Waals surface area contributed by atoms with Crippen molar-refractivity contribution >= 4 is 51.2 Å². The summed E-state index contributed by atoms with van der Waals surface area (Å²) in [5, 5.41) is 0. The molecule has 2 N–H and O–H groups in total. The number of nitrogens with zero attached hydrogens (tertiary/aromatic N) is 3. The molecule has 0 aromatic heterocycles. The van der Waals surface area contributed by atoms with Gasteiger partial charge in [0.15, 0.2) is 3.42 Å². The van der Waals surface area contributed by atoms with Crippen LogP contribution in [0.5, 0.6) is 0 Å². The van der Waals surface area contributed by atoms with Crippen molar-refractivity contribution in [3.8, 4) is 0 Å². The predicted octanol–water partition coefficient (Wildman–Crippen LogP) is 1.13. The standard InChI is InChI=1S/C12H13N3O2.C3H7Br2O4P/c16-9-7-8(13-1-2-13)12(17)11(15-5-6-15)10(9)14-3-4-14;1-2-3(4,5)9-10(6,7)8/h7H,1-6H2;2H2,1H3,(H2,6,7,8). The van der Waals surface area contributed by atoms with E-state index < -0.39 is 11.2 Å². The smallest absolute Gasteiger partial charge is 0.365 e. The van der Waals surface area contributed by atoms with Crippen LogP contribution in [-0.2, 0) is 18.7 Å². The Kier molecular flexibility index (Phi) is 5.92. The maximum atomic E-state index is 12.4. The van der Waals surface area contributed by atoms with Gasteiger partial charge >= 0.3 is 7.82 Å². The van der Waals surface area contributed by atoms with Crippen LogP contribution in [0.4, 0.5) is 0 Å². The van der Waals surface area contributed by atoms with Crippen LogP contribution in [0.25, 0.3) is 0 Å². The average Bonchev–Trinajstić information content (AvgIpc) is 3.39. The van der Waals surface area contributed by atoms with Crippen molar-refractivity contribution in [1.82, 2.24) is 14.7 Å². The Morgan fingerprint density at radius 2 is 1.52 bits per heavy atom. The van der Waals surface area contributed by atoms with Crippen molar-refractivity contribution in [2.45, 2.75) is 16.8 Å². The normalized spacial score (nSPS) is 21.8. The third kappa shape index (κ3) is 5.65. The Hall–Kier alpha value is -0.710. The van der Waals surface area contributed by atoms with Gasteiger partial charge in [0.05, 0.1) is 5.70 Å². The van der Waals surface area contributed by atoms with Crippen molar-refractivity contribution < 1.29 is 28.5 Å². The summed E-state index contributed by atoms with van der Waals surface area (Å²) in [6, 6.07) is 0. The summed E-state index contributed by atoms with van der Waals surface area (Å²) in [4.78, 5) is 47.1. The summed E-state index contributed by atoms with van der Waals surface area (Å²) in [7, 11) is -4.40. The second-order valence-electron chi connectivity index (χ2n) is 6.45. The van der Waals surface area contributed by atoms with Crippen molar-refractivity contribution in [3.05, 3.63) is 23.2 Å². The maximum absolute atomic E-state index is 12.4. The SMILES string of the molecule is CCC(Br)(Br)OP(=O)(O)O.O=C1C=C(N2CC2)C(=O)C(N2CC2)=C1N1CC1. The molecular formula is C15H20Br2N3O6P. The van der Waals surface area contributed by atoms with Gasteiger partial charge in [0.25, 0.3) is 0 Å². The summed E-state index contributed by atoms with van der Waals surface area (Å²) >= 11 is 5.84. The lowest BCUT2D eigenvalue weighted by Gasteiger charge is -2.21. The molecule has 0 radical (unpaired) electrons. The lowest BCUT2D eigenvalue weighted by molar-refractivity contribution is -0.117. The number of phosphoric acid groups is 1. The number of carbonyl (C=O) groups excluding carboxylic acids is 2. The van der Waals surface area contributed by atoms with E-state index >= 15 is 0 Å². The molecule has 3 fully saturated rings. The minimum atomic E-state index is -4.40. The molecular weight excluding hydrogens is 509 g/mol. The van der Waals surface area contributed by atoms with Crippen LogP contribution in [0.15, 0.2) is 23.2 Å². The fourth-order valence-electron chi connectivity index (χ4n) is 2.51. The number of phosphoric ester groups is 1. The molecule has 0 saturated carbocycles. The Morgan fingerprint density at radius 1 is 1.04 bits per heavy atom. The second kappa shape index (κ2) is 7.61. The molecule has 0 spiro atoms. The summed E-state index contributed by atoms with van der Waals surface area (Å²) in [6.07, 6.45) is 1.92. The molecule has 27 heavy (non-hydrogen) atoms. The highest BCUT2D eigenvalue weighted by Gasteiger charge is 2.43. The van der Waals surface area contributed by atoms with Crippen molar-refractivity contribution in [1.29, 1.82) is 0 Å². The number of allylic oxidation sites excluding steroid dienone is 1. The number of alkyl halides is 2. The van der Waals surface area contributed by atoms with Gasteiger partial charge in [-0.15, -0.1) is 0 Å². The van der Waals surface area contributed by atoms with E-state index in [2.05, 4.69) is 36.4 Å². The fourth-order valence-corrected chi connectivity index (χ4v) is 4.12. The highest BCUT2D eigenvalue weighted by atomic mass is 79.9. The zero-order chi connectivity index (χ0) is 20.0. The lowest BCUT2D eigenvalue weighted by Crippen LogP contribution is -2.29. The Morgan fingerprint density at radius 3 is 1.89 bits per heavy atom. The van der Waals surface area contributed by atoms with Gasteiger partial charge < -0.3 is 24.5 Å². The maximum Gasteiger partial charge on any atom is 0.471 e. The lowest BCUT2D eigenvalue weighted by atomic mass is 10.0. The van der Waals surface area contributed by atoms with Gasteiger partial charge in [0, 0.05) is 45.3 Å². The van der Waals surface area contributed by atoms with Gasteiger partial charge in [-0.1, -0.05) is 6.92 Å². The first kappa shape index (κ1) is 21.0. The minimum Gasteiger partial charge on any atom is -0.365 e. The summed E-state index contributed by atoms with van der Waals surface area (Å²) in [5.74, 6) is 0.0485. The topological polar surface area (TPSA) is 110 Å². The van der Waals surface area contributed by atoms with E-state index in [1.807, 2.05) is 14.7 Å². The molecule has 4 aliphatic rings. The van der Waals surface area contributed by atoms with E-state index in [1.165, 1.54) is 6.08 Å². The second-order valence-corrected chi connectivity index (χ2v) is 11.2.